The number of benzene rings is 1. The fourth-order valence-corrected chi connectivity index (χ4v) is 0.879. The van der Waals surface area contributed by atoms with E-state index in [0.29, 0.717) is 6.54 Å². The predicted molar refractivity (Wildman–Crippen MR) is 64.8 cm³/mol. The molecule has 0 aliphatic carbocycles. The zero-order valence-electron chi connectivity index (χ0n) is 9.70. The average molecular weight is 256 g/mol. The fourth-order valence-electron chi connectivity index (χ4n) is 0.879. The third kappa shape index (κ3) is 9.13. The third-order valence-corrected chi connectivity index (χ3v) is 1.67. The Hall–Kier alpha value is -2.12. The summed E-state index contributed by atoms with van der Waals surface area (Å²) in [5, 5.41) is 15.8. The SMILES string of the molecule is NCc1ccc(N)cc1.O=C(O)COCC(=O)O. The molecule has 0 heterocycles. The highest BCUT2D eigenvalue weighted by atomic mass is 16.5. The Balaban J connectivity index is 0.000000321. The summed E-state index contributed by atoms with van der Waals surface area (Å²) < 4.78 is 4.16. The maximum Gasteiger partial charge on any atom is 0.329 e. The number of nitrogen functional groups attached to an aromatic ring is 1. The summed E-state index contributed by atoms with van der Waals surface area (Å²) in [5.74, 6) is -2.34. The van der Waals surface area contributed by atoms with Crippen LogP contribution in [0.4, 0.5) is 5.69 Å². The van der Waals surface area contributed by atoms with Crippen LogP contribution < -0.4 is 11.5 Å². The van der Waals surface area contributed by atoms with Gasteiger partial charge >= 0.3 is 11.9 Å². The van der Waals surface area contributed by atoms with Crippen LogP contribution in [0, 0.1) is 0 Å². The van der Waals surface area contributed by atoms with Crippen LogP contribution in [0.3, 0.4) is 0 Å². The highest BCUT2D eigenvalue weighted by molar-refractivity contribution is 5.70. The van der Waals surface area contributed by atoms with Crippen molar-refractivity contribution in [3.63, 3.8) is 0 Å². The molecule has 0 saturated carbocycles. The molecule has 0 spiro atoms. The van der Waals surface area contributed by atoms with E-state index in [2.05, 4.69) is 4.74 Å². The number of hydrogen-bond acceptors (Lipinski definition) is 5. The highest BCUT2D eigenvalue weighted by Crippen LogP contribution is 2.03. The predicted octanol–water partition coefficient (Wildman–Crippen LogP) is -0.100. The number of ether oxygens (including phenoxy) is 1. The molecule has 100 valence electrons. The molecule has 0 unspecified atom stereocenters. The van der Waals surface area contributed by atoms with E-state index in [0.717, 1.165) is 11.3 Å². The van der Waals surface area contributed by atoms with Gasteiger partial charge in [-0.3, -0.25) is 0 Å². The van der Waals surface area contributed by atoms with Gasteiger partial charge in [-0.1, -0.05) is 12.1 Å². The van der Waals surface area contributed by atoms with E-state index < -0.39 is 25.2 Å². The Morgan fingerprint density at radius 3 is 1.83 bits per heavy atom. The van der Waals surface area contributed by atoms with Crippen LogP contribution in [-0.2, 0) is 20.9 Å². The number of carbonyl (C=O) groups is 2. The Morgan fingerprint density at radius 1 is 1.06 bits per heavy atom. The minimum Gasteiger partial charge on any atom is -0.480 e. The lowest BCUT2D eigenvalue weighted by Crippen LogP contribution is -2.13. The highest BCUT2D eigenvalue weighted by Gasteiger charge is 1.99. The summed E-state index contributed by atoms with van der Waals surface area (Å²) >= 11 is 0. The molecule has 0 aliphatic heterocycles. The second-order valence-corrected chi connectivity index (χ2v) is 3.23. The van der Waals surface area contributed by atoms with Crippen molar-refractivity contribution in [3.8, 4) is 0 Å². The van der Waals surface area contributed by atoms with E-state index >= 15 is 0 Å². The first kappa shape index (κ1) is 15.9. The molecule has 0 bridgehead atoms. The standard InChI is InChI=1S/C7H10N2.C4H6O5/c8-5-6-1-3-7(9)4-2-6;5-3(6)1-9-2-4(7)8/h1-4H,5,8-9H2;1-2H2,(H,5,6)(H,7,8). The maximum absolute atomic E-state index is 9.66. The molecule has 0 amide bonds. The molecule has 0 aliphatic rings. The molecule has 7 heteroatoms. The van der Waals surface area contributed by atoms with Gasteiger partial charge in [0.05, 0.1) is 0 Å². The van der Waals surface area contributed by atoms with Crippen molar-refractivity contribution in [1.82, 2.24) is 0 Å². The van der Waals surface area contributed by atoms with Gasteiger partial charge in [-0.25, -0.2) is 9.59 Å². The molecular weight excluding hydrogens is 240 g/mol. The lowest BCUT2D eigenvalue weighted by Gasteiger charge is -1.94. The molecule has 1 aromatic rings. The molecule has 18 heavy (non-hydrogen) atoms. The van der Waals surface area contributed by atoms with Gasteiger partial charge in [0.2, 0.25) is 0 Å². The molecule has 0 atom stereocenters. The van der Waals surface area contributed by atoms with Crippen LogP contribution in [0.5, 0.6) is 0 Å². The molecule has 1 aromatic carbocycles. The maximum atomic E-state index is 9.66. The first-order chi connectivity index (χ1) is 8.45. The normalized spacial score (nSPS) is 9.17. The first-order valence-electron chi connectivity index (χ1n) is 5.01. The van der Waals surface area contributed by atoms with Gasteiger partial charge in [0.1, 0.15) is 13.2 Å². The minimum atomic E-state index is -1.17. The molecule has 0 saturated heterocycles. The van der Waals surface area contributed by atoms with E-state index in [1.165, 1.54) is 0 Å². The molecule has 7 nitrogen and oxygen atoms in total. The van der Waals surface area contributed by atoms with Crippen molar-refractivity contribution < 1.29 is 24.5 Å². The molecule has 0 aromatic heterocycles. The zero-order valence-corrected chi connectivity index (χ0v) is 9.70. The lowest BCUT2D eigenvalue weighted by molar-refractivity contribution is -0.148. The van der Waals surface area contributed by atoms with Gasteiger partial charge < -0.3 is 26.4 Å². The minimum absolute atomic E-state index is 0.563. The first-order valence-corrected chi connectivity index (χ1v) is 5.01. The number of anilines is 1. The van der Waals surface area contributed by atoms with Crippen molar-refractivity contribution >= 4 is 17.6 Å². The van der Waals surface area contributed by atoms with Crippen molar-refractivity contribution in [1.29, 1.82) is 0 Å². The number of hydrogen-bond donors (Lipinski definition) is 4. The second-order valence-electron chi connectivity index (χ2n) is 3.23. The van der Waals surface area contributed by atoms with Crippen LogP contribution in [0.25, 0.3) is 0 Å². The van der Waals surface area contributed by atoms with E-state index in [4.69, 9.17) is 21.7 Å². The smallest absolute Gasteiger partial charge is 0.329 e. The van der Waals surface area contributed by atoms with Gasteiger partial charge in [-0.15, -0.1) is 0 Å². The summed E-state index contributed by atoms with van der Waals surface area (Å²) in [6.45, 7) is -0.543. The molecule has 0 radical (unpaired) electrons. The second kappa shape index (κ2) is 8.97. The van der Waals surface area contributed by atoms with Gasteiger partial charge in [0.15, 0.2) is 0 Å². The number of rotatable bonds is 5. The average Bonchev–Trinajstić information content (AvgIpc) is 2.30. The fraction of sp³-hybridized carbons (Fsp3) is 0.273. The monoisotopic (exact) mass is 256 g/mol. The van der Waals surface area contributed by atoms with E-state index in [-0.39, 0.29) is 0 Å². The number of carboxylic acid groups (broad SMARTS) is 2. The third-order valence-electron chi connectivity index (χ3n) is 1.67. The van der Waals surface area contributed by atoms with Crippen LogP contribution in [0.1, 0.15) is 5.56 Å². The Labute approximate surface area is 104 Å². The summed E-state index contributed by atoms with van der Waals surface area (Å²) in [6.07, 6.45) is 0. The number of carboxylic acids is 2. The largest absolute Gasteiger partial charge is 0.480 e. The number of aliphatic carboxylic acids is 2. The summed E-state index contributed by atoms with van der Waals surface area (Å²) in [5.41, 5.74) is 12.7. The Morgan fingerprint density at radius 2 is 1.50 bits per heavy atom. The van der Waals surface area contributed by atoms with Gasteiger partial charge in [0.25, 0.3) is 0 Å². The van der Waals surface area contributed by atoms with E-state index in [1.54, 1.807) is 0 Å². The quantitative estimate of drug-likeness (QED) is 0.540. The summed E-state index contributed by atoms with van der Waals surface area (Å²) in [7, 11) is 0. The molecule has 1 rings (SSSR count). The summed E-state index contributed by atoms with van der Waals surface area (Å²) in [6, 6.07) is 7.55. The zero-order chi connectivity index (χ0) is 14.0. The Kier molecular flexibility index (Phi) is 7.91. The number of nitrogens with two attached hydrogens (primary N) is 2. The van der Waals surface area contributed by atoms with Gasteiger partial charge in [-0.05, 0) is 17.7 Å². The van der Waals surface area contributed by atoms with Gasteiger partial charge in [0, 0.05) is 12.2 Å². The van der Waals surface area contributed by atoms with Crippen molar-refractivity contribution in [2.45, 2.75) is 6.54 Å². The molecular formula is C11H16N2O5. The topological polar surface area (TPSA) is 136 Å². The lowest BCUT2D eigenvalue weighted by atomic mass is 10.2. The van der Waals surface area contributed by atoms with Crippen LogP contribution in [-0.4, -0.2) is 35.4 Å². The van der Waals surface area contributed by atoms with Crippen LogP contribution >= 0.6 is 0 Å². The van der Waals surface area contributed by atoms with Crippen molar-refractivity contribution in [2.75, 3.05) is 18.9 Å². The summed E-state index contributed by atoms with van der Waals surface area (Å²) in [4.78, 5) is 19.3. The molecule has 0 fully saturated rings. The van der Waals surface area contributed by atoms with E-state index in [1.807, 2.05) is 24.3 Å². The Bertz CT molecular complexity index is 364. The van der Waals surface area contributed by atoms with Crippen LogP contribution in [0.15, 0.2) is 24.3 Å². The van der Waals surface area contributed by atoms with Crippen molar-refractivity contribution in [2.24, 2.45) is 5.73 Å². The van der Waals surface area contributed by atoms with Crippen LogP contribution in [0.2, 0.25) is 0 Å². The molecule has 6 N–H and O–H groups in total. The van der Waals surface area contributed by atoms with E-state index in [9.17, 15) is 9.59 Å². The van der Waals surface area contributed by atoms with Gasteiger partial charge in [-0.2, -0.15) is 0 Å². The van der Waals surface area contributed by atoms with Crippen molar-refractivity contribution in [3.05, 3.63) is 29.8 Å².